The number of hydrogen-bond donors (Lipinski definition) is 0. The maximum Gasteiger partial charge on any atom is 0.214 e. The number of benzene rings is 1. The van der Waals surface area contributed by atoms with Crippen molar-refractivity contribution in [3.8, 4) is 0 Å². The summed E-state index contributed by atoms with van der Waals surface area (Å²) in [4.78, 5) is 12.3. The van der Waals surface area contributed by atoms with Crippen molar-refractivity contribution in [3.05, 3.63) is 51.3 Å². The number of aromatic nitrogens is 2. The number of carbonyl (C=O) groups is 1. The highest BCUT2D eigenvalue weighted by atomic mass is 35.5. The van der Waals surface area contributed by atoms with Gasteiger partial charge in [-0.1, -0.05) is 29.3 Å². The lowest BCUT2D eigenvalue weighted by atomic mass is 10.1. The second-order valence-electron chi connectivity index (χ2n) is 3.78. The van der Waals surface area contributed by atoms with Gasteiger partial charge in [0.15, 0.2) is 0 Å². The molecule has 0 spiro atoms. The Morgan fingerprint density at radius 2 is 2.00 bits per heavy atom. The van der Waals surface area contributed by atoms with E-state index in [2.05, 4.69) is 5.10 Å². The van der Waals surface area contributed by atoms with E-state index in [0.29, 0.717) is 21.3 Å². The molecule has 0 aliphatic rings. The first-order valence-corrected chi connectivity index (χ1v) is 5.74. The van der Waals surface area contributed by atoms with Gasteiger partial charge < -0.3 is 0 Å². The summed E-state index contributed by atoms with van der Waals surface area (Å²) < 4.78 is 1.45. The molecular formula is C12H10Cl2N2O. The molecule has 5 heteroatoms. The minimum Gasteiger partial charge on any atom is -0.287 e. The van der Waals surface area contributed by atoms with Crippen LogP contribution in [0.4, 0.5) is 0 Å². The lowest BCUT2D eigenvalue weighted by Crippen LogP contribution is -2.09. The normalized spacial score (nSPS) is 10.6. The molecule has 0 N–H and O–H groups in total. The summed E-state index contributed by atoms with van der Waals surface area (Å²) in [6.07, 6.45) is 1.44. The van der Waals surface area contributed by atoms with Crippen LogP contribution in [0.1, 0.15) is 21.6 Å². The Bertz CT molecular complexity index is 571. The number of halogens is 2. The Morgan fingerprint density at radius 1 is 1.29 bits per heavy atom. The fourth-order valence-electron chi connectivity index (χ4n) is 1.60. The van der Waals surface area contributed by atoms with Crippen LogP contribution in [0, 0.1) is 6.92 Å². The predicted octanol–water partition coefficient (Wildman–Crippen LogP) is 3.27. The van der Waals surface area contributed by atoms with Crippen LogP contribution >= 0.6 is 23.2 Å². The van der Waals surface area contributed by atoms with E-state index in [1.54, 1.807) is 19.2 Å². The van der Waals surface area contributed by atoms with Crippen LogP contribution in [0.3, 0.4) is 0 Å². The van der Waals surface area contributed by atoms with Crippen molar-refractivity contribution in [2.75, 3.05) is 0 Å². The summed E-state index contributed by atoms with van der Waals surface area (Å²) in [5.74, 6) is -0.222. The van der Waals surface area contributed by atoms with Crippen molar-refractivity contribution < 1.29 is 4.79 Å². The van der Waals surface area contributed by atoms with Crippen molar-refractivity contribution in [1.29, 1.82) is 0 Å². The maximum absolute atomic E-state index is 12.3. The molecule has 0 atom stereocenters. The van der Waals surface area contributed by atoms with Crippen LogP contribution in [0.25, 0.3) is 0 Å². The van der Waals surface area contributed by atoms with Crippen molar-refractivity contribution in [2.45, 2.75) is 6.92 Å². The largest absolute Gasteiger partial charge is 0.287 e. The van der Waals surface area contributed by atoms with E-state index in [1.165, 1.54) is 10.9 Å². The third kappa shape index (κ3) is 2.21. The molecule has 88 valence electrons. The third-order valence-electron chi connectivity index (χ3n) is 2.48. The molecule has 2 aromatic rings. The molecule has 0 saturated heterocycles. The lowest BCUT2D eigenvalue weighted by Gasteiger charge is -2.05. The van der Waals surface area contributed by atoms with E-state index in [9.17, 15) is 4.79 Å². The zero-order valence-electron chi connectivity index (χ0n) is 9.37. The minimum absolute atomic E-state index is 0.222. The maximum atomic E-state index is 12.3. The van der Waals surface area contributed by atoms with Gasteiger partial charge in [-0.3, -0.25) is 9.48 Å². The van der Waals surface area contributed by atoms with Gasteiger partial charge in [-0.05, 0) is 24.6 Å². The number of aryl methyl sites for hydroxylation is 2. The molecule has 0 fully saturated rings. The number of hydrogen-bond acceptors (Lipinski definition) is 2. The fourth-order valence-corrected chi connectivity index (χ4v) is 2.17. The first-order valence-electron chi connectivity index (χ1n) is 4.99. The Hall–Kier alpha value is -1.32. The van der Waals surface area contributed by atoms with E-state index in [1.807, 2.05) is 13.0 Å². The molecule has 0 aliphatic carbocycles. The van der Waals surface area contributed by atoms with E-state index in [0.717, 1.165) is 5.56 Å². The minimum atomic E-state index is -0.222. The lowest BCUT2D eigenvalue weighted by molar-refractivity contribution is 0.103. The Morgan fingerprint density at radius 3 is 2.53 bits per heavy atom. The van der Waals surface area contributed by atoms with Gasteiger partial charge in [0.1, 0.15) is 5.69 Å². The Labute approximate surface area is 109 Å². The molecule has 0 unspecified atom stereocenters. The molecular weight excluding hydrogens is 259 g/mol. The molecule has 1 aromatic heterocycles. The van der Waals surface area contributed by atoms with Crippen molar-refractivity contribution in [1.82, 2.24) is 9.78 Å². The van der Waals surface area contributed by atoms with E-state index in [4.69, 9.17) is 23.2 Å². The predicted molar refractivity (Wildman–Crippen MR) is 67.8 cm³/mol. The standard InChI is InChI=1S/C12H10Cl2N2O/c1-7-3-4-8(9(13)5-7)12(17)11-10(14)6-15-16(11)2/h3-6H,1-2H3. The molecule has 0 bridgehead atoms. The first-order chi connectivity index (χ1) is 8.00. The van der Waals surface area contributed by atoms with Gasteiger partial charge in [0.25, 0.3) is 0 Å². The summed E-state index contributed by atoms with van der Waals surface area (Å²) in [6.45, 7) is 1.91. The zero-order valence-corrected chi connectivity index (χ0v) is 10.9. The van der Waals surface area contributed by atoms with Gasteiger partial charge in [0, 0.05) is 12.6 Å². The Kier molecular flexibility index (Phi) is 3.22. The Balaban J connectivity index is 2.51. The van der Waals surface area contributed by atoms with Crippen molar-refractivity contribution in [3.63, 3.8) is 0 Å². The summed E-state index contributed by atoms with van der Waals surface area (Å²) in [7, 11) is 1.67. The molecule has 2 rings (SSSR count). The molecule has 17 heavy (non-hydrogen) atoms. The first kappa shape index (κ1) is 12.1. The van der Waals surface area contributed by atoms with Gasteiger partial charge in [0.2, 0.25) is 5.78 Å². The summed E-state index contributed by atoms with van der Waals surface area (Å²) in [5.41, 5.74) is 1.78. The number of ketones is 1. The van der Waals surface area contributed by atoms with Crippen LogP contribution in [0.2, 0.25) is 10.0 Å². The summed E-state index contributed by atoms with van der Waals surface area (Å²) in [6, 6.07) is 5.28. The van der Waals surface area contributed by atoms with Gasteiger partial charge in [-0.2, -0.15) is 5.10 Å². The average molecular weight is 269 g/mol. The molecule has 1 aromatic carbocycles. The zero-order chi connectivity index (χ0) is 12.6. The monoisotopic (exact) mass is 268 g/mol. The van der Waals surface area contributed by atoms with Crippen LogP contribution in [-0.2, 0) is 7.05 Å². The molecule has 0 amide bonds. The van der Waals surface area contributed by atoms with Crippen molar-refractivity contribution in [2.24, 2.45) is 7.05 Å². The second-order valence-corrected chi connectivity index (χ2v) is 4.59. The third-order valence-corrected chi connectivity index (χ3v) is 3.07. The highest BCUT2D eigenvalue weighted by Crippen LogP contribution is 2.24. The molecule has 3 nitrogen and oxygen atoms in total. The quantitative estimate of drug-likeness (QED) is 0.784. The topological polar surface area (TPSA) is 34.9 Å². The van der Waals surface area contributed by atoms with Crippen LogP contribution in [-0.4, -0.2) is 15.6 Å². The molecule has 1 heterocycles. The average Bonchev–Trinajstić information content (AvgIpc) is 2.58. The van der Waals surface area contributed by atoms with Gasteiger partial charge in [-0.25, -0.2) is 0 Å². The highest BCUT2D eigenvalue weighted by molar-refractivity contribution is 6.37. The number of carbonyl (C=O) groups excluding carboxylic acids is 1. The van der Waals surface area contributed by atoms with E-state index >= 15 is 0 Å². The van der Waals surface area contributed by atoms with E-state index < -0.39 is 0 Å². The summed E-state index contributed by atoms with van der Waals surface area (Å²) >= 11 is 12.0. The van der Waals surface area contributed by atoms with Gasteiger partial charge in [-0.15, -0.1) is 0 Å². The highest BCUT2D eigenvalue weighted by Gasteiger charge is 2.19. The van der Waals surface area contributed by atoms with Crippen molar-refractivity contribution >= 4 is 29.0 Å². The molecule has 0 aliphatic heterocycles. The second kappa shape index (κ2) is 4.51. The summed E-state index contributed by atoms with van der Waals surface area (Å²) in [5, 5.41) is 4.68. The van der Waals surface area contributed by atoms with Crippen LogP contribution < -0.4 is 0 Å². The smallest absolute Gasteiger partial charge is 0.214 e. The number of rotatable bonds is 2. The SMILES string of the molecule is Cc1ccc(C(=O)c2c(Cl)cnn2C)c(Cl)c1. The number of nitrogens with zero attached hydrogens (tertiary/aromatic N) is 2. The van der Waals surface area contributed by atoms with Gasteiger partial charge in [0.05, 0.1) is 16.2 Å². The van der Waals surface area contributed by atoms with Crippen LogP contribution in [0.15, 0.2) is 24.4 Å². The molecule has 0 saturated carbocycles. The van der Waals surface area contributed by atoms with Gasteiger partial charge >= 0.3 is 0 Å². The fraction of sp³-hybridized carbons (Fsp3) is 0.167. The van der Waals surface area contributed by atoms with Crippen LogP contribution in [0.5, 0.6) is 0 Å². The van der Waals surface area contributed by atoms with E-state index in [-0.39, 0.29) is 5.78 Å². The molecule has 0 radical (unpaired) electrons.